The van der Waals surface area contributed by atoms with Crippen molar-refractivity contribution in [1.82, 2.24) is 9.62 Å². The summed E-state index contributed by atoms with van der Waals surface area (Å²) in [4.78, 5) is 15.4. The molecule has 0 saturated carbocycles. The topological polar surface area (TPSA) is 79.0 Å². The highest BCUT2D eigenvalue weighted by Gasteiger charge is 2.28. The second kappa shape index (κ2) is 9.92. The number of sulfonamides is 1. The smallest absolute Gasteiger partial charge is 0.255 e. The van der Waals surface area contributed by atoms with Crippen molar-refractivity contribution >= 4 is 21.6 Å². The summed E-state index contributed by atoms with van der Waals surface area (Å²) in [5, 5.41) is 2.90. The number of piperidine rings is 1. The summed E-state index contributed by atoms with van der Waals surface area (Å²) in [6.07, 6.45) is 5.47. The lowest BCUT2D eigenvalue weighted by molar-refractivity contribution is 0.0947. The Morgan fingerprint density at radius 2 is 1.59 bits per heavy atom. The number of hydrogen-bond donors (Lipinski definition) is 1. The lowest BCUT2D eigenvalue weighted by atomic mass is 10.1. The van der Waals surface area contributed by atoms with Crippen molar-refractivity contribution in [1.29, 1.82) is 0 Å². The molecule has 0 aliphatic carbocycles. The van der Waals surface area contributed by atoms with Gasteiger partial charge in [0.2, 0.25) is 10.0 Å². The summed E-state index contributed by atoms with van der Waals surface area (Å²) in [5.41, 5.74) is 2.41. The maximum atomic E-state index is 12.9. The van der Waals surface area contributed by atoms with Crippen molar-refractivity contribution < 1.29 is 17.9 Å². The predicted molar refractivity (Wildman–Crippen MR) is 125 cm³/mol. The molecule has 0 spiro atoms. The van der Waals surface area contributed by atoms with Gasteiger partial charge in [0.1, 0.15) is 5.75 Å². The fraction of sp³-hybridized carbons (Fsp3) is 0.458. The van der Waals surface area contributed by atoms with Gasteiger partial charge in [-0.05, 0) is 68.0 Å². The van der Waals surface area contributed by atoms with Crippen LogP contribution in [0.5, 0.6) is 5.75 Å². The number of ether oxygens (including phenoxy) is 1. The van der Waals surface area contributed by atoms with Gasteiger partial charge in [0, 0.05) is 38.4 Å². The number of nitrogens with zero attached hydrogens (tertiary/aromatic N) is 2. The van der Waals surface area contributed by atoms with Gasteiger partial charge in [0.15, 0.2) is 0 Å². The number of methoxy groups -OCH3 is 1. The van der Waals surface area contributed by atoms with Crippen LogP contribution in [-0.2, 0) is 16.6 Å². The van der Waals surface area contributed by atoms with E-state index in [1.54, 1.807) is 6.07 Å². The minimum Gasteiger partial charge on any atom is -0.496 e. The predicted octanol–water partition coefficient (Wildman–Crippen LogP) is 3.40. The van der Waals surface area contributed by atoms with Gasteiger partial charge in [0.25, 0.3) is 5.91 Å². The molecule has 8 heteroatoms. The van der Waals surface area contributed by atoms with Gasteiger partial charge >= 0.3 is 0 Å². The van der Waals surface area contributed by atoms with Crippen LogP contribution in [-0.4, -0.2) is 51.9 Å². The van der Waals surface area contributed by atoms with Crippen molar-refractivity contribution in [3.05, 3.63) is 53.6 Å². The minimum atomic E-state index is -3.61. The Hall–Kier alpha value is -2.58. The standard InChI is InChI=1S/C24H31N3O4S/c1-31-23-12-11-21(32(29,30)27-15-5-6-16-27)17-22(23)24(28)25-18-19-7-9-20(10-8-19)26-13-3-2-4-14-26/h7-12,17H,2-6,13-16,18H2,1H3,(H,25,28). The van der Waals surface area contributed by atoms with Crippen LogP contribution in [0.25, 0.3) is 0 Å². The number of carbonyl (C=O) groups excluding carboxylic acids is 1. The molecule has 0 radical (unpaired) electrons. The van der Waals surface area contributed by atoms with Crippen molar-refractivity contribution in [2.45, 2.75) is 43.5 Å². The maximum absolute atomic E-state index is 12.9. The number of anilines is 1. The van der Waals surface area contributed by atoms with Crippen molar-refractivity contribution in [3.63, 3.8) is 0 Å². The van der Waals surface area contributed by atoms with E-state index < -0.39 is 10.0 Å². The molecule has 32 heavy (non-hydrogen) atoms. The molecule has 0 atom stereocenters. The summed E-state index contributed by atoms with van der Waals surface area (Å²) in [5.74, 6) is -0.0104. The first-order valence-corrected chi connectivity index (χ1v) is 12.7. The lowest BCUT2D eigenvalue weighted by Crippen LogP contribution is -2.29. The number of benzene rings is 2. The van der Waals surface area contributed by atoms with Gasteiger partial charge in [-0.2, -0.15) is 4.31 Å². The Kier molecular flexibility index (Phi) is 7.01. The molecule has 2 heterocycles. The molecular weight excluding hydrogens is 426 g/mol. The van der Waals surface area contributed by atoms with E-state index in [-0.39, 0.29) is 16.4 Å². The van der Waals surface area contributed by atoms with Gasteiger partial charge in [-0.15, -0.1) is 0 Å². The van der Waals surface area contributed by atoms with Crippen LogP contribution in [0.2, 0.25) is 0 Å². The zero-order valence-corrected chi connectivity index (χ0v) is 19.4. The Morgan fingerprint density at radius 3 is 2.25 bits per heavy atom. The molecule has 7 nitrogen and oxygen atoms in total. The Bertz CT molecular complexity index is 1040. The van der Waals surface area contributed by atoms with E-state index in [4.69, 9.17) is 4.74 Å². The van der Waals surface area contributed by atoms with Gasteiger partial charge in [-0.1, -0.05) is 12.1 Å². The Labute approximate surface area is 190 Å². The largest absolute Gasteiger partial charge is 0.496 e. The summed E-state index contributed by atoms with van der Waals surface area (Å²) in [6.45, 7) is 3.57. The molecule has 172 valence electrons. The molecule has 2 aliphatic rings. The van der Waals surface area contributed by atoms with Crippen LogP contribution in [0.1, 0.15) is 48.0 Å². The normalized spacial score (nSPS) is 17.3. The van der Waals surface area contributed by atoms with Crippen LogP contribution < -0.4 is 15.0 Å². The third kappa shape index (κ3) is 4.91. The highest BCUT2D eigenvalue weighted by atomic mass is 32.2. The first-order chi connectivity index (χ1) is 15.5. The lowest BCUT2D eigenvalue weighted by Gasteiger charge is -2.28. The molecule has 0 bridgehead atoms. The van der Waals surface area contributed by atoms with Crippen LogP contribution in [0.3, 0.4) is 0 Å². The van der Waals surface area contributed by atoms with Gasteiger partial charge < -0.3 is 15.0 Å². The van der Waals surface area contributed by atoms with E-state index in [0.717, 1.165) is 31.5 Å². The molecule has 2 fully saturated rings. The minimum absolute atomic E-state index is 0.122. The SMILES string of the molecule is COc1ccc(S(=O)(=O)N2CCCC2)cc1C(=O)NCc1ccc(N2CCCCC2)cc1. The third-order valence-electron chi connectivity index (χ3n) is 6.23. The quantitative estimate of drug-likeness (QED) is 0.689. The van der Waals surface area contributed by atoms with E-state index in [9.17, 15) is 13.2 Å². The van der Waals surface area contributed by atoms with E-state index in [2.05, 4.69) is 22.3 Å². The third-order valence-corrected chi connectivity index (χ3v) is 8.12. The van der Waals surface area contributed by atoms with Gasteiger partial charge in [-0.25, -0.2) is 8.42 Å². The van der Waals surface area contributed by atoms with Gasteiger partial charge in [-0.3, -0.25) is 4.79 Å². The number of carbonyl (C=O) groups is 1. The molecular formula is C24H31N3O4S. The van der Waals surface area contributed by atoms with Crippen molar-refractivity contribution in [2.75, 3.05) is 38.2 Å². The monoisotopic (exact) mass is 457 g/mol. The van der Waals surface area contributed by atoms with E-state index in [0.29, 0.717) is 25.4 Å². The molecule has 2 aromatic rings. The summed E-state index contributed by atoms with van der Waals surface area (Å²) < 4.78 is 32.6. The van der Waals surface area contributed by atoms with Crippen molar-refractivity contribution in [3.8, 4) is 5.75 Å². The zero-order valence-electron chi connectivity index (χ0n) is 18.5. The summed E-state index contributed by atoms with van der Waals surface area (Å²) >= 11 is 0. The molecule has 2 aliphatic heterocycles. The maximum Gasteiger partial charge on any atom is 0.255 e. The van der Waals surface area contributed by atoms with Crippen LogP contribution in [0.4, 0.5) is 5.69 Å². The molecule has 0 aromatic heterocycles. The molecule has 2 saturated heterocycles. The fourth-order valence-corrected chi connectivity index (χ4v) is 5.90. The summed E-state index contributed by atoms with van der Waals surface area (Å²) in [6, 6.07) is 12.7. The Balaban J connectivity index is 1.45. The number of rotatable bonds is 7. The van der Waals surface area contributed by atoms with Crippen LogP contribution in [0, 0.1) is 0 Å². The molecule has 0 unspecified atom stereocenters. The Morgan fingerprint density at radius 1 is 0.938 bits per heavy atom. The second-order valence-electron chi connectivity index (χ2n) is 8.37. The highest BCUT2D eigenvalue weighted by Crippen LogP contribution is 2.27. The first kappa shape index (κ1) is 22.6. The second-order valence-corrected chi connectivity index (χ2v) is 10.3. The molecule has 4 rings (SSSR count). The fourth-order valence-electron chi connectivity index (χ4n) is 4.36. The van der Waals surface area contributed by atoms with Crippen molar-refractivity contribution in [2.24, 2.45) is 0 Å². The van der Waals surface area contributed by atoms with Crippen LogP contribution >= 0.6 is 0 Å². The first-order valence-electron chi connectivity index (χ1n) is 11.3. The number of amides is 1. The molecule has 2 aromatic carbocycles. The average molecular weight is 458 g/mol. The zero-order chi connectivity index (χ0) is 22.6. The highest BCUT2D eigenvalue weighted by molar-refractivity contribution is 7.89. The molecule has 1 N–H and O–H groups in total. The number of hydrogen-bond acceptors (Lipinski definition) is 5. The molecule has 1 amide bonds. The van der Waals surface area contributed by atoms with E-state index in [1.807, 2.05) is 12.1 Å². The van der Waals surface area contributed by atoms with E-state index >= 15 is 0 Å². The van der Waals surface area contributed by atoms with E-state index in [1.165, 1.54) is 48.5 Å². The van der Waals surface area contributed by atoms with Gasteiger partial charge in [0.05, 0.1) is 17.6 Å². The summed E-state index contributed by atoms with van der Waals surface area (Å²) in [7, 11) is -2.14. The van der Waals surface area contributed by atoms with Crippen LogP contribution in [0.15, 0.2) is 47.4 Å². The number of nitrogens with one attached hydrogen (secondary N) is 1. The average Bonchev–Trinajstić information content (AvgIpc) is 3.39.